The topological polar surface area (TPSA) is 132 Å². The molecule has 2 aromatic carbocycles. The lowest BCUT2D eigenvalue weighted by atomic mass is 10.2. The normalized spacial score (nSPS) is 13.1. The highest BCUT2D eigenvalue weighted by Crippen LogP contribution is 2.39. The zero-order chi connectivity index (χ0) is 24.0. The van der Waals surface area contributed by atoms with Crippen molar-refractivity contribution >= 4 is 35.1 Å². The molecule has 1 saturated heterocycles. The van der Waals surface area contributed by atoms with Gasteiger partial charge in [-0.15, -0.1) is 0 Å². The van der Waals surface area contributed by atoms with Crippen LogP contribution in [0.2, 0.25) is 0 Å². The van der Waals surface area contributed by atoms with Gasteiger partial charge in [-0.3, -0.25) is 19.8 Å². The third-order valence-corrected chi connectivity index (χ3v) is 4.70. The third kappa shape index (κ3) is 5.50. The van der Waals surface area contributed by atoms with Crippen LogP contribution in [0.3, 0.4) is 0 Å². The molecule has 0 atom stereocenters. The summed E-state index contributed by atoms with van der Waals surface area (Å²) >= 11 is 0. The van der Waals surface area contributed by atoms with Crippen molar-refractivity contribution in [3.05, 3.63) is 42.0 Å². The zero-order valence-corrected chi connectivity index (χ0v) is 18.3. The van der Waals surface area contributed by atoms with Crippen LogP contribution in [-0.4, -0.2) is 51.6 Å². The van der Waals surface area contributed by atoms with E-state index >= 15 is 0 Å². The highest BCUT2D eigenvalue weighted by atomic mass is 16.5. The Morgan fingerprint density at radius 1 is 0.970 bits per heavy atom. The molecule has 1 fully saturated rings. The lowest BCUT2D eigenvalue weighted by Crippen LogP contribution is -2.50. The summed E-state index contributed by atoms with van der Waals surface area (Å²) in [5.74, 6) is -0.741. The van der Waals surface area contributed by atoms with Crippen LogP contribution in [0.4, 0.5) is 11.4 Å². The Labute approximate surface area is 189 Å². The summed E-state index contributed by atoms with van der Waals surface area (Å²) in [6, 6.07) is 8.94. The fourth-order valence-electron chi connectivity index (χ4n) is 3.10. The first kappa shape index (κ1) is 23.4. The maximum Gasteiger partial charge on any atom is 0.338 e. The molecule has 2 N–H and O–H groups in total. The number of anilines is 2. The Morgan fingerprint density at radius 2 is 1.61 bits per heavy atom. The minimum atomic E-state index is -0.726. The third-order valence-electron chi connectivity index (χ3n) is 4.70. The molecule has 1 aliphatic rings. The Balaban J connectivity index is 1.59. The maximum absolute atomic E-state index is 12.3. The van der Waals surface area contributed by atoms with Crippen LogP contribution >= 0.6 is 0 Å². The van der Waals surface area contributed by atoms with Crippen molar-refractivity contribution in [1.29, 1.82) is 0 Å². The number of hydrogen-bond acceptors (Lipinski definition) is 8. The number of hydrazine groups is 1. The number of amides is 3. The summed E-state index contributed by atoms with van der Waals surface area (Å²) in [5.41, 5.74) is 3.42. The number of hydrogen-bond donors (Lipinski definition) is 2. The van der Waals surface area contributed by atoms with Crippen LogP contribution in [0, 0.1) is 0 Å². The van der Waals surface area contributed by atoms with E-state index in [4.69, 9.17) is 18.9 Å². The van der Waals surface area contributed by atoms with Crippen LogP contribution in [0.15, 0.2) is 36.4 Å². The standard InChI is InChI=1S/C22H23N3O8/c1-30-16-10-14(11-17(31-2)21(16)32-3)23-19(27)12-33-22(29)13-4-6-15(7-5-13)25-20(28)9-8-18(26)24-25/h4-7,10-11H,8-9,12H2,1-3H3,(H,23,27)(H,24,26). The molecule has 0 spiro atoms. The van der Waals surface area contributed by atoms with Gasteiger partial charge < -0.3 is 24.3 Å². The van der Waals surface area contributed by atoms with E-state index in [2.05, 4.69) is 10.7 Å². The molecule has 33 heavy (non-hydrogen) atoms. The SMILES string of the molecule is COc1cc(NC(=O)COC(=O)c2ccc(N3NC(=O)CCC3=O)cc2)cc(OC)c1OC. The number of rotatable bonds is 8. The monoisotopic (exact) mass is 457 g/mol. The predicted octanol–water partition coefficient (Wildman–Crippen LogP) is 1.67. The van der Waals surface area contributed by atoms with Gasteiger partial charge in [0, 0.05) is 30.7 Å². The first-order valence-corrected chi connectivity index (χ1v) is 9.85. The highest BCUT2D eigenvalue weighted by Gasteiger charge is 2.24. The Bertz CT molecular complexity index is 1040. The number of ether oxygens (including phenoxy) is 4. The van der Waals surface area contributed by atoms with Gasteiger partial charge >= 0.3 is 5.97 Å². The molecule has 0 aliphatic carbocycles. The number of nitrogens with zero attached hydrogens (tertiary/aromatic N) is 1. The van der Waals surface area contributed by atoms with E-state index in [-0.39, 0.29) is 30.2 Å². The average molecular weight is 457 g/mol. The number of methoxy groups -OCH3 is 3. The fourth-order valence-corrected chi connectivity index (χ4v) is 3.10. The second kappa shape index (κ2) is 10.4. The van der Waals surface area contributed by atoms with E-state index in [1.165, 1.54) is 45.6 Å². The molecule has 0 bridgehead atoms. The fraction of sp³-hybridized carbons (Fsp3) is 0.273. The second-order valence-electron chi connectivity index (χ2n) is 6.85. The number of benzene rings is 2. The largest absolute Gasteiger partial charge is 0.493 e. The van der Waals surface area contributed by atoms with Gasteiger partial charge in [-0.25, -0.2) is 9.80 Å². The van der Waals surface area contributed by atoms with E-state index in [1.807, 2.05) is 0 Å². The van der Waals surface area contributed by atoms with Crippen LogP contribution < -0.4 is 30.0 Å². The van der Waals surface area contributed by atoms with Crippen LogP contribution in [0.25, 0.3) is 0 Å². The Hall–Kier alpha value is -4.28. The molecule has 0 radical (unpaired) electrons. The number of esters is 1. The molecule has 0 aromatic heterocycles. The van der Waals surface area contributed by atoms with Gasteiger partial charge in [0.05, 0.1) is 32.6 Å². The summed E-state index contributed by atoms with van der Waals surface area (Å²) in [6.45, 7) is -0.530. The van der Waals surface area contributed by atoms with Crippen LogP contribution in [-0.2, 0) is 19.1 Å². The molecule has 0 saturated carbocycles. The van der Waals surface area contributed by atoms with E-state index < -0.39 is 18.5 Å². The van der Waals surface area contributed by atoms with E-state index in [0.717, 1.165) is 5.01 Å². The van der Waals surface area contributed by atoms with Crippen LogP contribution in [0.1, 0.15) is 23.2 Å². The summed E-state index contributed by atoms with van der Waals surface area (Å²) in [7, 11) is 4.36. The number of carbonyl (C=O) groups is 4. The quantitative estimate of drug-likeness (QED) is 0.572. The molecule has 11 heteroatoms. The van der Waals surface area contributed by atoms with Crippen molar-refractivity contribution in [1.82, 2.24) is 5.43 Å². The first-order chi connectivity index (χ1) is 15.9. The van der Waals surface area contributed by atoms with Gasteiger partial charge in [-0.05, 0) is 24.3 Å². The predicted molar refractivity (Wildman–Crippen MR) is 116 cm³/mol. The number of carbonyl (C=O) groups excluding carboxylic acids is 4. The maximum atomic E-state index is 12.3. The first-order valence-electron chi connectivity index (χ1n) is 9.85. The summed E-state index contributed by atoms with van der Waals surface area (Å²) in [6.07, 6.45) is 0.245. The van der Waals surface area contributed by atoms with Gasteiger partial charge in [0.2, 0.25) is 17.6 Å². The van der Waals surface area contributed by atoms with Crippen molar-refractivity contribution in [2.75, 3.05) is 38.3 Å². The minimum absolute atomic E-state index is 0.108. The van der Waals surface area contributed by atoms with E-state index in [1.54, 1.807) is 12.1 Å². The van der Waals surface area contributed by atoms with E-state index in [0.29, 0.717) is 28.6 Å². The molecule has 174 valence electrons. The molecule has 1 heterocycles. The molecular formula is C22H23N3O8. The van der Waals surface area contributed by atoms with Crippen molar-refractivity contribution in [3.8, 4) is 17.2 Å². The van der Waals surface area contributed by atoms with Crippen molar-refractivity contribution in [2.24, 2.45) is 0 Å². The molecular weight excluding hydrogens is 434 g/mol. The van der Waals surface area contributed by atoms with E-state index in [9.17, 15) is 19.2 Å². The van der Waals surface area contributed by atoms with Crippen molar-refractivity contribution < 1.29 is 38.1 Å². The summed E-state index contributed by atoms with van der Waals surface area (Å²) in [5, 5.41) is 3.73. The summed E-state index contributed by atoms with van der Waals surface area (Å²) < 4.78 is 20.8. The molecule has 3 rings (SSSR count). The Kier molecular flexibility index (Phi) is 7.34. The van der Waals surface area contributed by atoms with Gasteiger partial charge in [-0.1, -0.05) is 0 Å². The van der Waals surface area contributed by atoms with Gasteiger partial charge in [0.1, 0.15) is 0 Å². The lowest BCUT2D eigenvalue weighted by molar-refractivity contribution is -0.130. The molecule has 0 unspecified atom stereocenters. The van der Waals surface area contributed by atoms with Crippen LogP contribution in [0.5, 0.6) is 17.2 Å². The minimum Gasteiger partial charge on any atom is -0.493 e. The number of nitrogens with one attached hydrogen (secondary N) is 2. The molecule has 2 aromatic rings. The van der Waals surface area contributed by atoms with Gasteiger partial charge in [-0.2, -0.15) is 0 Å². The zero-order valence-electron chi connectivity index (χ0n) is 18.3. The average Bonchev–Trinajstić information content (AvgIpc) is 2.83. The smallest absolute Gasteiger partial charge is 0.338 e. The van der Waals surface area contributed by atoms with Crippen molar-refractivity contribution in [2.45, 2.75) is 12.8 Å². The lowest BCUT2D eigenvalue weighted by Gasteiger charge is -2.27. The highest BCUT2D eigenvalue weighted by molar-refractivity contribution is 6.01. The molecule has 3 amide bonds. The van der Waals surface area contributed by atoms with Gasteiger partial charge in [0.15, 0.2) is 18.1 Å². The van der Waals surface area contributed by atoms with Crippen molar-refractivity contribution in [3.63, 3.8) is 0 Å². The second-order valence-corrected chi connectivity index (χ2v) is 6.85. The molecule has 11 nitrogen and oxygen atoms in total. The molecule has 1 aliphatic heterocycles. The van der Waals surface area contributed by atoms with Gasteiger partial charge in [0.25, 0.3) is 5.91 Å². The Morgan fingerprint density at radius 3 is 2.18 bits per heavy atom. The summed E-state index contributed by atoms with van der Waals surface area (Å²) in [4.78, 5) is 48.0.